The van der Waals surface area contributed by atoms with Gasteiger partial charge in [-0.2, -0.15) is 10.1 Å². The number of H-pyrrole nitrogens is 1. The maximum absolute atomic E-state index is 11.8. The first-order chi connectivity index (χ1) is 10.5. The number of carbonyl (C=O) groups excluding carboxylic acids is 1. The molecule has 1 aromatic heterocycles. The lowest BCUT2D eigenvalue weighted by Gasteiger charge is -2.04. The molecule has 0 atom stereocenters. The molecule has 0 bridgehead atoms. The lowest BCUT2D eigenvalue weighted by molar-refractivity contribution is 0.0949. The number of aryl methyl sites for hydroxylation is 1. The number of benzene rings is 1. The van der Waals surface area contributed by atoms with E-state index < -0.39 is 11.6 Å². The Morgan fingerprint density at radius 2 is 2.00 bits per heavy atom. The number of nitrogens with one attached hydrogen (secondary N) is 2. The summed E-state index contributed by atoms with van der Waals surface area (Å²) in [5.41, 5.74) is 4.52. The Morgan fingerprint density at radius 1 is 1.32 bits per heavy atom. The number of nitrogens with zero attached hydrogens (tertiary/aromatic N) is 2. The first kappa shape index (κ1) is 15.6. The van der Waals surface area contributed by atoms with Crippen LogP contribution in [-0.4, -0.2) is 22.1 Å². The first-order valence-corrected chi connectivity index (χ1v) is 6.97. The van der Waals surface area contributed by atoms with Gasteiger partial charge in [0.05, 0.1) is 6.21 Å². The Balaban J connectivity index is 2.02. The minimum Gasteiger partial charge on any atom is -0.310 e. The van der Waals surface area contributed by atoms with E-state index in [0.717, 1.165) is 5.56 Å². The van der Waals surface area contributed by atoms with Crippen molar-refractivity contribution in [2.45, 2.75) is 26.7 Å². The molecule has 6 heteroatoms. The zero-order chi connectivity index (χ0) is 16.1. The largest absolute Gasteiger partial charge is 0.345 e. The quantitative estimate of drug-likeness (QED) is 0.668. The fraction of sp³-hybridized carbons (Fsp3) is 0.250. The van der Waals surface area contributed by atoms with Crippen LogP contribution in [-0.2, 0) is 0 Å². The normalized spacial score (nSPS) is 11.1. The summed E-state index contributed by atoms with van der Waals surface area (Å²) >= 11 is 0. The minimum absolute atomic E-state index is 0.0357. The third-order valence-electron chi connectivity index (χ3n) is 3.09. The van der Waals surface area contributed by atoms with E-state index in [1.165, 1.54) is 11.6 Å². The van der Waals surface area contributed by atoms with Crippen LogP contribution in [0.15, 0.2) is 40.2 Å². The fourth-order valence-corrected chi connectivity index (χ4v) is 1.89. The third-order valence-corrected chi connectivity index (χ3v) is 3.09. The number of carbonyl (C=O) groups is 1. The zero-order valence-electron chi connectivity index (χ0n) is 12.8. The maximum atomic E-state index is 11.8. The highest BCUT2D eigenvalue weighted by atomic mass is 16.2. The standard InChI is InChI=1S/C16H18N4O2/c1-10(2)13-6-4-12(5-7-13)9-17-20-15(21)14-8-11(3)18-16(22)19-14/h4-10H,1-3H3,(H,20,21)(H,18,19,22)/b17-9+. The second-order valence-corrected chi connectivity index (χ2v) is 5.28. The van der Waals surface area contributed by atoms with Crippen LogP contribution >= 0.6 is 0 Å². The summed E-state index contributed by atoms with van der Waals surface area (Å²) in [7, 11) is 0. The first-order valence-electron chi connectivity index (χ1n) is 6.97. The zero-order valence-corrected chi connectivity index (χ0v) is 12.8. The summed E-state index contributed by atoms with van der Waals surface area (Å²) in [6.07, 6.45) is 1.54. The highest BCUT2D eigenvalue weighted by molar-refractivity contribution is 5.93. The number of rotatable bonds is 4. The summed E-state index contributed by atoms with van der Waals surface area (Å²) in [6.45, 7) is 5.93. The summed E-state index contributed by atoms with van der Waals surface area (Å²) in [6, 6.07) is 9.40. The minimum atomic E-state index is -0.557. The molecular formula is C16H18N4O2. The number of hydrogen-bond donors (Lipinski definition) is 2. The average molecular weight is 298 g/mol. The number of aromatic amines is 1. The molecule has 2 N–H and O–H groups in total. The van der Waals surface area contributed by atoms with E-state index >= 15 is 0 Å². The van der Waals surface area contributed by atoms with Gasteiger partial charge in [-0.25, -0.2) is 10.2 Å². The van der Waals surface area contributed by atoms with E-state index in [1.54, 1.807) is 13.1 Å². The van der Waals surface area contributed by atoms with E-state index in [-0.39, 0.29) is 5.69 Å². The van der Waals surface area contributed by atoms with Crippen molar-refractivity contribution >= 4 is 12.1 Å². The van der Waals surface area contributed by atoms with Gasteiger partial charge in [0.1, 0.15) is 5.69 Å². The second kappa shape index (κ2) is 6.80. The Morgan fingerprint density at radius 3 is 2.59 bits per heavy atom. The fourth-order valence-electron chi connectivity index (χ4n) is 1.89. The lowest BCUT2D eigenvalue weighted by atomic mass is 10.0. The monoisotopic (exact) mass is 298 g/mol. The van der Waals surface area contributed by atoms with Crippen LogP contribution in [0.4, 0.5) is 0 Å². The average Bonchev–Trinajstić information content (AvgIpc) is 2.46. The Hall–Kier alpha value is -2.76. The van der Waals surface area contributed by atoms with Gasteiger partial charge in [-0.3, -0.25) is 4.79 Å². The van der Waals surface area contributed by atoms with Crippen LogP contribution < -0.4 is 11.1 Å². The molecule has 6 nitrogen and oxygen atoms in total. The molecular weight excluding hydrogens is 280 g/mol. The predicted molar refractivity (Wildman–Crippen MR) is 85.2 cm³/mol. The SMILES string of the molecule is Cc1cc(C(=O)N/N=C/c2ccc(C(C)C)cc2)nc(=O)[nH]1. The highest BCUT2D eigenvalue weighted by Gasteiger charge is 2.07. The van der Waals surface area contributed by atoms with Gasteiger partial charge in [0.15, 0.2) is 0 Å². The molecule has 0 fully saturated rings. The van der Waals surface area contributed by atoms with Gasteiger partial charge >= 0.3 is 5.69 Å². The second-order valence-electron chi connectivity index (χ2n) is 5.28. The number of amides is 1. The van der Waals surface area contributed by atoms with Crippen molar-refractivity contribution in [1.29, 1.82) is 0 Å². The van der Waals surface area contributed by atoms with Crippen molar-refractivity contribution in [1.82, 2.24) is 15.4 Å². The molecule has 1 heterocycles. The molecule has 1 aromatic carbocycles. The topological polar surface area (TPSA) is 87.2 Å². The summed E-state index contributed by atoms with van der Waals surface area (Å²) in [5.74, 6) is -0.0552. The van der Waals surface area contributed by atoms with Crippen LogP contribution in [0, 0.1) is 6.92 Å². The van der Waals surface area contributed by atoms with Crippen molar-refractivity contribution in [3.05, 3.63) is 63.3 Å². The molecule has 0 saturated carbocycles. The van der Waals surface area contributed by atoms with Gasteiger partial charge in [0.25, 0.3) is 5.91 Å². The van der Waals surface area contributed by atoms with Crippen LogP contribution in [0.1, 0.15) is 47.1 Å². The number of hydrazone groups is 1. The molecule has 0 aliphatic rings. The van der Waals surface area contributed by atoms with Gasteiger partial charge < -0.3 is 4.98 Å². The van der Waals surface area contributed by atoms with Crippen molar-refractivity contribution in [3.8, 4) is 0 Å². The van der Waals surface area contributed by atoms with Crippen LogP contribution in [0.2, 0.25) is 0 Å². The molecule has 2 aromatic rings. The van der Waals surface area contributed by atoms with Crippen LogP contribution in [0.3, 0.4) is 0 Å². The molecule has 0 unspecified atom stereocenters. The Bertz CT molecular complexity index is 745. The number of hydrogen-bond acceptors (Lipinski definition) is 4. The molecule has 0 aliphatic carbocycles. The van der Waals surface area contributed by atoms with E-state index in [4.69, 9.17) is 0 Å². The molecule has 2 rings (SSSR count). The summed E-state index contributed by atoms with van der Waals surface area (Å²) < 4.78 is 0. The Labute approximate surface area is 128 Å². The maximum Gasteiger partial charge on any atom is 0.345 e. The van der Waals surface area contributed by atoms with Gasteiger partial charge in [-0.1, -0.05) is 38.1 Å². The van der Waals surface area contributed by atoms with Gasteiger partial charge in [-0.05, 0) is 30.0 Å². The highest BCUT2D eigenvalue weighted by Crippen LogP contribution is 2.13. The van der Waals surface area contributed by atoms with Gasteiger partial charge in [0, 0.05) is 5.69 Å². The van der Waals surface area contributed by atoms with Gasteiger partial charge in [0.2, 0.25) is 0 Å². The van der Waals surface area contributed by atoms with E-state index in [1.807, 2.05) is 24.3 Å². The molecule has 0 spiro atoms. The molecule has 1 amide bonds. The van der Waals surface area contributed by atoms with Crippen molar-refractivity contribution in [2.75, 3.05) is 0 Å². The predicted octanol–water partition coefficient (Wildman–Crippen LogP) is 1.97. The molecule has 0 saturated heterocycles. The summed E-state index contributed by atoms with van der Waals surface area (Å²) in [4.78, 5) is 29.1. The Kier molecular flexibility index (Phi) is 4.83. The number of aromatic nitrogens is 2. The molecule has 22 heavy (non-hydrogen) atoms. The van der Waals surface area contributed by atoms with E-state index in [9.17, 15) is 9.59 Å². The van der Waals surface area contributed by atoms with Crippen LogP contribution in [0.25, 0.3) is 0 Å². The van der Waals surface area contributed by atoms with Crippen molar-refractivity contribution < 1.29 is 4.79 Å². The smallest absolute Gasteiger partial charge is 0.310 e. The third kappa shape index (κ3) is 4.12. The summed E-state index contributed by atoms with van der Waals surface area (Å²) in [5, 5.41) is 3.87. The molecule has 0 radical (unpaired) electrons. The van der Waals surface area contributed by atoms with Crippen molar-refractivity contribution in [3.63, 3.8) is 0 Å². The van der Waals surface area contributed by atoms with Crippen molar-refractivity contribution in [2.24, 2.45) is 5.10 Å². The van der Waals surface area contributed by atoms with E-state index in [2.05, 4.69) is 34.3 Å². The van der Waals surface area contributed by atoms with E-state index in [0.29, 0.717) is 11.6 Å². The molecule has 0 aliphatic heterocycles. The van der Waals surface area contributed by atoms with Gasteiger partial charge in [-0.15, -0.1) is 0 Å². The molecule has 114 valence electrons. The van der Waals surface area contributed by atoms with Crippen LogP contribution in [0.5, 0.6) is 0 Å². The lowest BCUT2D eigenvalue weighted by Crippen LogP contribution is -2.24.